The van der Waals surface area contributed by atoms with Crippen molar-refractivity contribution < 1.29 is 4.79 Å². The minimum absolute atomic E-state index is 0.107. The van der Waals surface area contributed by atoms with Crippen molar-refractivity contribution >= 4 is 29.3 Å². The summed E-state index contributed by atoms with van der Waals surface area (Å²) in [5.74, 6) is 1.40. The molecule has 0 unspecified atom stereocenters. The summed E-state index contributed by atoms with van der Waals surface area (Å²) < 4.78 is 0. The molecular formula is C17H21ClN6O. The third-order valence-electron chi connectivity index (χ3n) is 4.16. The van der Waals surface area contributed by atoms with Gasteiger partial charge in [-0.2, -0.15) is 10.1 Å². The van der Waals surface area contributed by atoms with Crippen molar-refractivity contribution in [3.63, 3.8) is 0 Å². The molecule has 0 bridgehead atoms. The standard InChI is InChI=1S/C17H21ClN6O/c1-13(25)23-7-9-24(10-8-23)17-21-16(12-20-22-17)19-6-5-14-3-2-4-15(18)11-14/h2-4,11-12H,5-10H2,1H3,(H,19,21,22). The number of hydrogen-bond donors (Lipinski definition) is 1. The molecule has 1 N–H and O–H groups in total. The number of aromatic nitrogens is 3. The Morgan fingerprint density at radius 3 is 2.80 bits per heavy atom. The Bertz CT molecular complexity index is 733. The van der Waals surface area contributed by atoms with Gasteiger partial charge in [-0.25, -0.2) is 0 Å². The van der Waals surface area contributed by atoms with Gasteiger partial charge in [-0.1, -0.05) is 23.7 Å². The number of benzene rings is 1. The smallest absolute Gasteiger partial charge is 0.247 e. The van der Waals surface area contributed by atoms with Gasteiger partial charge in [-0.3, -0.25) is 4.79 Å². The van der Waals surface area contributed by atoms with Crippen molar-refractivity contribution in [3.05, 3.63) is 41.0 Å². The average Bonchev–Trinajstić information content (AvgIpc) is 2.62. The molecule has 25 heavy (non-hydrogen) atoms. The number of rotatable bonds is 5. The molecule has 1 aliphatic rings. The second kappa shape index (κ2) is 8.11. The lowest BCUT2D eigenvalue weighted by atomic mass is 10.1. The van der Waals surface area contributed by atoms with E-state index in [9.17, 15) is 4.79 Å². The number of nitrogens with zero attached hydrogens (tertiary/aromatic N) is 5. The van der Waals surface area contributed by atoms with Gasteiger partial charge in [0.25, 0.3) is 0 Å². The highest BCUT2D eigenvalue weighted by atomic mass is 35.5. The first-order valence-corrected chi connectivity index (χ1v) is 8.68. The van der Waals surface area contributed by atoms with Crippen molar-refractivity contribution in [1.29, 1.82) is 0 Å². The third-order valence-corrected chi connectivity index (χ3v) is 4.40. The highest BCUT2D eigenvalue weighted by molar-refractivity contribution is 6.30. The van der Waals surface area contributed by atoms with Crippen LogP contribution in [0.5, 0.6) is 0 Å². The summed E-state index contributed by atoms with van der Waals surface area (Å²) in [7, 11) is 0. The van der Waals surface area contributed by atoms with Gasteiger partial charge in [-0.15, -0.1) is 5.10 Å². The van der Waals surface area contributed by atoms with E-state index >= 15 is 0 Å². The number of carbonyl (C=O) groups excluding carboxylic acids is 1. The molecular weight excluding hydrogens is 340 g/mol. The van der Waals surface area contributed by atoms with Gasteiger partial charge in [0.1, 0.15) is 0 Å². The summed E-state index contributed by atoms with van der Waals surface area (Å²) in [5.41, 5.74) is 1.17. The number of piperazine rings is 1. The molecule has 0 aliphatic carbocycles. The van der Waals surface area contributed by atoms with Crippen molar-refractivity contribution in [2.75, 3.05) is 42.9 Å². The Labute approximate surface area is 152 Å². The molecule has 1 aromatic carbocycles. The maximum absolute atomic E-state index is 11.4. The van der Waals surface area contributed by atoms with Crippen molar-refractivity contribution in [2.45, 2.75) is 13.3 Å². The first-order chi connectivity index (χ1) is 12.1. The van der Waals surface area contributed by atoms with Gasteiger partial charge in [0.15, 0.2) is 5.82 Å². The molecule has 8 heteroatoms. The molecule has 3 rings (SSSR count). The van der Waals surface area contributed by atoms with Crippen LogP contribution in [-0.2, 0) is 11.2 Å². The van der Waals surface area contributed by atoms with Crippen LogP contribution < -0.4 is 10.2 Å². The van der Waals surface area contributed by atoms with Crippen molar-refractivity contribution in [1.82, 2.24) is 20.1 Å². The lowest BCUT2D eigenvalue weighted by Gasteiger charge is -2.33. The zero-order valence-electron chi connectivity index (χ0n) is 14.2. The van der Waals surface area contributed by atoms with Crippen LogP contribution in [0, 0.1) is 0 Å². The highest BCUT2D eigenvalue weighted by Crippen LogP contribution is 2.14. The zero-order valence-corrected chi connectivity index (χ0v) is 14.9. The molecule has 0 radical (unpaired) electrons. The van der Waals surface area contributed by atoms with Crippen LogP contribution in [0.4, 0.5) is 11.8 Å². The van der Waals surface area contributed by atoms with Crippen molar-refractivity contribution in [3.8, 4) is 0 Å². The van der Waals surface area contributed by atoms with E-state index in [2.05, 4.69) is 25.4 Å². The van der Waals surface area contributed by atoms with Crippen LogP contribution in [0.15, 0.2) is 30.5 Å². The Hall–Kier alpha value is -2.41. The first-order valence-electron chi connectivity index (χ1n) is 8.30. The van der Waals surface area contributed by atoms with E-state index in [1.54, 1.807) is 13.1 Å². The van der Waals surface area contributed by atoms with Crippen LogP contribution in [0.25, 0.3) is 0 Å². The summed E-state index contributed by atoms with van der Waals surface area (Å²) in [6.45, 7) is 5.13. The van der Waals surface area contributed by atoms with Crippen LogP contribution >= 0.6 is 11.6 Å². The number of anilines is 2. The predicted molar refractivity (Wildman–Crippen MR) is 97.9 cm³/mol. The quantitative estimate of drug-likeness (QED) is 0.877. The van der Waals surface area contributed by atoms with Gasteiger partial charge in [-0.05, 0) is 24.1 Å². The molecule has 1 aromatic heterocycles. The third kappa shape index (κ3) is 4.79. The van der Waals surface area contributed by atoms with E-state index in [4.69, 9.17) is 11.6 Å². The van der Waals surface area contributed by atoms with Crippen LogP contribution in [0.2, 0.25) is 5.02 Å². The molecule has 1 fully saturated rings. The Balaban J connectivity index is 1.54. The van der Waals surface area contributed by atoms with E-state index < -0.39 is 0 Å². The van der Waals surface area contributed by atoms with Crippen LogP contribution in [-0.4, -0.2) is 58.7 Å². The monoisotopic (exact) mass is 360 g/mol. The average molecular weight is 361 g/mol. The minimum atomic E-state index is 0.107. The SMILES string of the molecule is CC(=O)N1CCN(c2nncc(NCCc3cccc(Cl)c3)n2)CC1. The van der Waals surface area contributed by atoms with E-state index in [-0.39, 0.29) is 5.91 Å². The molecule has 0 saturated carbocycles. The summed E-state index contributed by atoms with van der Waals surface area (Å²) >= 11 is 6.00. The van der Waals surface area contributed by atoms with Crippen LogP contribution in [0.1, 0.15) is 12.5 Å². The lowest BCUT2D eigenvalue weighted by molar-refractivity contribution is -0.129. The number of hydrogen-bond acceptors (Lipinski definition) is 6. The summed E-state index contributed by atoms with van der Waals surface area (Å²) in [6, 6.07) is 7.82. The summed E-state index contributed by atoms with van der Waals surface area (Å²) in [5, 5.41) is 12.2. The second-order valence-electron chi connectivity index (χ2n) is 5.94. The molecule has 0 atom stereocenters. The zero-order chi connectivity index (χ0) is 17.6. The molecule has 1 aliphatic heterocycles. The Morgan fingerprint density at radius 1 is 1.28 bits per heavy atom. The number of nitrogens with one attached hydrogen (secondary N) is 1. The fourth-order valence-corrected chi connectivity index (χ4v) is 2.97. The summed E-state index contributed by atoms with van der Waals surface area (Å²) in [4.78, 5) is 19.8. The molecule has 1 amide bonds. The van der Waals surface area contributed by atoms with Crippen molar-refractivity contribution in [2.24, 2.45) is 0 Å². The molecule has 2 aromatic rings. The van der Waals surface area contributed by atoms with E-state index in [1.807, 2.05) is 29.2 Å². The summed E-state index contributed by atoms with van der Waals surface area (Å²) in [6.07, 6.45) is 2.46. The van der Waals surface area contributed by atoms with Gasteiger partial charge >= 0.3 is 0 Å². The topological polar surface area (TPSA) is 74.2 Å². The fraction of sp³-hybridized carbons (Fsp3) is 0.412. The van der Waals surface area contributed by atoms with Gasteiger partial charge in [0, 0.05) is 44.7 Å². The number of amides is 1. The second-order valence-corrected chi connectivity index (χ2v) is 6.38. The molecule has 0 spiro atoms. The minimum Gasteiger partial charge on any atom is -0.368 e. The first kappa shape index (κ1) is 17.4. The molecule has 132 valence electrons. The van der Waals surface area contributed by atoms with Crippen LogP contribution in [0.3, 0.4) is 0 Å². The van der Waals surface area contributed by atoms with E-state index in [1.165, 1.54) is 5.56 Å². The Kier molecular flexibility index (Phi) is 5.65. The molecule has 1 saturated heterocycles. The lowest BCUT2D eigenvalue weighted by Crippen LogP contribution is -2.48. The largest absolute Gasteiger partial charge is 0.368 e. The van der Waals surface area contributed by atoms with Gasteiger partial charge in [0.05, 0.1) is 6.20 Å². The number of halogens is 1. The highest BCUT2D eigenvalue weighted by Gasteiger charge is 2.20. The molecule has 7 nitrogen and oxygen atoms in total. The van der Waals surface area contributed by atoms with Gasteiger partial charge < -0.3 is 15.1 Å². The van der Waals surface area contributed by atoms with E-state index in [0.29, 0.717) is 37.9 Å². The van der Waals surface area contributed by atoms with E-state index in [0.717, 1.165) is 18.0 Å². The fourth-order valence-electron chi connectivity index (χ4n) is 2.76. The maximum Gasteiger partial charge on any atom is 0.247 e. The molecule has 2 heterocycles. The number of carbonyl (C=O) groups is 1. The predicted octanol–water partition coefficient (Wildman–Crippen LogP) is 1.85. The maximum atomic E-state index is 11.4. The van der Waals surface area contributed by atoms with Gasteiger partial charge in [0.2, 0.25) is 11.9 Å². The Morgan fingerprint density at radius 2 is 2.08 bits per heavy atom. The normalized spacial score (nSPS) is 14.5.